The van der Waals surface area contributed by atoms with E-state index < -0.39 is 5.97 Å². The van der Waals surface area contributed by atoms with Gasteiger partial charge in [-0.2, -0.15) is 0 Å². The Bertz CT molecular complexity index is 605. The van der Waals surface area contributed by atoms with Crippen LogP contribution in [0.2, 0.25) is 0 Å². The van der Waals surface area contributed by atoms with Crippen molar-refractivity contribution in [2.24, 2.45) is 46.3 Å². The summed E-state index contributed by atoms with van der Waals surface area (Å²) in [6.45, 7) is 6.89. The second-order valence-electron chi connectivity index (χ2n) is 11.3. The van der Waals surface area contributed by atoms with Crippen molar-refractivity contribution in [3.63, 3.8) is 0 Å². The third-order valence-corrected chi connectivity index (χ3v) is 10.3. The van der Waals surface area contributed by atoms with Gasteiger partial charge in [-0.3, -0.25) is 4.79 Å². The lowest BCUT2D eigenvalue weighted by Crippen LogP contribution is -2.61. The molecular formula is C24H40O4. The molecule has 4 aliphatic rings. The fourth-order valence-corrected chi connectivity index (χ4v) is 8.74. The van der Waals surface area contributed by atoms with Crippen molar-refractivity contribution in [2.45, 2.75) is 97.2 Å². The number of fused-ring (bicyclic) bond motifs is 5. The Kier molecular flexibility index (Phi) is 5.36. The van der Waals surface area contributed by atoms with Crippen LogP contribution in [0.15, 0.2) is 0 Å². The van der Waals surface area contributed by atoms with E-state index in [1.54, 1.807) is 0 Å². The highest BCUT2D eigenvalue weighted by molar-refractivity contribution is 5.66. The molecule has 4 rings (SSSR count). The summed E-state index contributed by atoms with van der Waals surface area (Å²) in [5.74, 6) is 1.66. The summed E-state index contributed by atoms with van der Waals surface area (Å²) in [4.78, 5) is 11.1. The standard InChI is InChI=1S/C24H40O4/c1-14(7-10-21(27)28)16-8-9-17-22-18(13-20(26)24(16,17)3)23(2)11-5-4-6-15(23)12-19(22)25/h14-20,22,25-26H,4-13H2,1-3H3,(H,27,28)/t14-,15+,16-,17+,18+,19+,20-,22+,23+,24-/m1/s1. The van der Waals surface area contributed by atoms with E-state index in [2.05, 4.69) is 20.8 Å². The highest BCUT2D eigenvalue weighted by Crippen LogP contribution is 2.68. The number of carbonyl (C=O) groups is 1. The third kappa shape index (κ3) is 2.96. The van der Waals surface area contributed by atoms with E-state index >= 15 is 0 Å². The number of aliphatic carboxylic acids is 1. The predicted octanol–water partition coefficient (Wildman–Crippen LogP) is 4.48. The smallest absolute Gasteiger partial charge is 0.303 e. The molecule has 4 fully saturated rings. The molecule has 0 aromatic heterocycles. The minimum absolute atomic E-state index is 0.183. The van der Waals surface area contributed by atoms with Crippen LogP contribution in [-0.4, -0.2) is 33.5 Å². The maximum atomic E-state index is 11.5. The molecule has 0 radical (unpaired) electrons. The zero-order valence-electron chi connectivity index (χ0n) is 17.9. The summed E-state index contributed by atoms with van der Waals surface area (Å²) < 4.78 is 0. The second kappa shape index (κ2) is 7.27. The van der Waals surface area contributed by atoms with Crippen LogP contribution in [0.25, 0.3) is 0 Å². The van der Waals surface area contributed by atoms with Crippen LogP contribution in [0.3, 0.4) is 0 Å². The lowest BCUT2D eigenvalue weighted by Gasteiger charge is -2.63. The predicted molar refractivity (Wildman–Crippen MR) is 109 cm³/mol. The van der Waals surface area contributed by atoms with Gasteiger partial charge in [-0.1, -0.05) is 33.6 Å². The molecular weight excluding hydrogens is 352 g/mol. The van der Waals surface area contributed by atoms with Crippen LogP contribution in [-0.2, 0) is 4.79 Å². The summed E-state index contributed by atoms with van der Waals surface area (Å²) in [6, 6.07) is 0. The van der Waals surface area contributed by atoms with Crippen LogP contribution in [0.1, 0.15) is 85.0 Å². The van der Waals surface area contributed by atoms with Gasteiger partial charge >= 0.3 is 5.97 Å². The average molecular weight is 393 g/mol. The Hall–Kier alpha value is -0.610. The quantitative estimate of drug-likeness (QED) is 0.659. The van der Waals surface area contributed by atoms with Crippen molar-refractivity contribution >= 4 is 5.97 Å². The molecule has 0 unspecified atom stereocenters. The van der Waals surface area contributed by atoms with Crippen molar-refractivity contribution in [3.05, 3.63) is 0 Å². The normalized spacial score (nSPS) is 51.7. The SMILES string of the molecule is C[C@H](CCC(=O)O)[C@H]1CC[C@H]2[C@@H]3[C@@H](O)C[C@@H]4CCCC[C@]4(C)[C@H]3C[C@@H](O)[C@]12C. The van der Waals surface area contributed by atoms with Crippen LogP contribution in [0.4, 0.5) is 0 Å². The number of aliphatic hydroxyl groups excluding tert-OH is 2. The molecule has 0 saturated heterocycles. The fraction of sp³-hybridized carbons (Fsp3) is 0.958. The number of hydrogen-bond donors (Lipinski definition) is 3. The molecule has 4 nitrogen and oxygen atoms in total. The van der Waals surface area contributed by atoms with Crippen molar-refractivity contribution in [2.75, 3.05) is 0 Å². The van der Waals surface area contributed by atoms with Crippen molar-refractivity contribution in [3.8, 4) is 0 Å². The molecule has 0 aromatic rings. The molecule has 0 heterocycles. The summed E-state index contributed by atoms with van der Waals surface area (Å²) in [5, 5.41) is 31.8. The van der Waals surface area contributed by atoms with E-state index in [1.165, 1.54) is 25.7 Å². The van der Waals surface area contributed by atoms with E-state index in [0.717, 1.165) is 25.7 Å². The van der Waals surface area contributed by atoms with Gasteiger partial charge in [0.1, 0.15) is 0 Å². The van der Waals surface area contributed by atoms with Gasteiger partial charge in [0.15, 0.2) is 0 Å². The average Bonchev–Trinajstić information content (AvgIpc) is 3.00. The van der Waals surface area contributed by atoms with E-state index in [9.17, 15) is 15.0 Å². The topological polar surface area (TPSA) is 77.8 Å². The summed E-state index contributed by atoms with van der Waals surface area (Å²) >= 11 is 0. The van der Waals surface area contributed by atoms with E-state index in [-0.39, 0.29) is 29.5 Å². The van der Waals surface area contributed by atoms with Crippen LogP contribution in [0, 0.1) is 46.3 Å². The Labute approximate surface area is 170 Å². The Morgan fingerprint density at radius 3 is 2.54 bits per heavy atom. The van der Waals surface area contributed by atoms with Crippen molar-refractivity contribution in [1.29, 1.82) is 0 Å². The first-order valence-corrected chi connectivity index (χ1v) is 11.8. The van der Waals surface area contributed by atoms with Gasteiger partial charge in [0, 0.05) is 6.42 Å². The highest BCUT2D eigenvalue weighted by Gasteiger charge is 2.65. The molecule has 160 valence electrons. The summed E-state index contributed by atoms with van der Waals surface area (Å²) in [5.41, 5.74) is 0.0927. The molecule has 0 bridgehead atoms. The Morgan fingerprint density at radius 2 is 1.82 bits per heavy atom. The van der Waals surface area contributed by atoms with E-state index in [4.69, 9.17) is 5.11 Å². The minimum atomic E-state index is -0.727. The number of rotatable bonds is 4. The minimum Gasteiger partial charge on any atom is -0.481 e. The molecule has 10 atom stereocenters. The first-order valence-electron chi connectivity index (χ1n) is 11.8. The van der Waals surface area contributed by atoms with Crippen LogP contribution < -0.4 is 0 Å². The zero-order valence-corrected chi connectivity index (χ0v) is 17.9. The molecule has 4 saturated carbocycles. The van der Waals surface area contributed by atoms with Crippen molar-refractivity contribution in [1.82, 2.24) is 0 Å². The van der Waals surface area contributed by atoms with Crippen LogP contribution in [0.5, 0.6) is 0 Å². The molecule has 0 amide bonds. The summed E-state index contributed by atoms with van der Waals surface area (Å²) in [7, 11) is 0. The van der Waals surface area contributed by atoms with Gasteiger partial charge in [-0.05, 0) is 91.3 Å². The Balaban J connectivity index is 1.61. The maximum Gasteiger partial charge on any atom is 0.303 e. The third-order valence-electron chi connectivity index (χ3n) is 10.3. The molecule has 4 aliphatic carbocycles. The van der Waals surface area contributed by atoms with Gasteiger partial charge in [-0.25, -0.2) is 0 Å². The molecule has 28 heavy (non-hydrogen) atoms. The number of hydrogen-bond acceptors (Lipinski definition) is 3. The van der Waals surface area contributed by atoms with Gasteiger partial charge in [0.25, 0.3) is 0 Å². The van der Waals surface area contributed by atoms with Gasteiger partial charge < -0.3 is 15.3 Å². The lowest BCUT2D eigenvalue weighted by molar-refractivity contribution is -0.201. The molecule has 0 aliphatic heterocycles. The zero-order chi connectivity index (χ0) is 20.3. The first-order chi connectivity index (χ1) is 13.2. The summed E-state index contributed by atoms with van der Waals surface area (Å²) in [6.07, 6.45) is 9.32. The maximum absolute atomic E-state index is 11.5. The number of carboxylic acids is 1. The number of aliphatic hydroxyl groups is 2. The number of carboxylic acid groups (broad SMARTS) is 1. The monoisotopic (exact) mass is 392 g/mol. The van der Waals surface area contributed by atoms with Gasteiger partial charge in [0.05, 0.1) is 12.2 Å². The molecule has 0 aromatic carbocycles. The second-order valence-corrected chi connectivity index (χ2v) is 11.3. The molecule has 4 heteroatoms. The van der Waals surface area contributed by atoms with Crippen LogP contribution >= 0.6 is 0 Å². The molecule has 3 N–H and O–H groups in total. The van der Waals surface area contributed by atoms with Gasteiger partial charge in [-0.15, -0.1) is 0 Å². The van der Waals surface area contributed by atoms with E-state index in [1.807, 2.05) is 0 Å². The highest BCUT2D eigenvalue weighted by atomic mass is 16.4. The molecule has 0 spiro atoms. The van der Waals surface area contributed by atoms with E-state index in [0.29, 0.717) is 41.9 Å². The largest absolute Gasteiger partial charge is 0.481 e. The lowest BCUT2D eigenvalue weighted by atomic mass is 9.43. The van der Waals surface area contributed by atoms with Gasteiger partial charge in [0.2, 0.25) is 0 Å². The first kappa shape index (κ1) is 20.7. The van der Waals surface area contributed by atoms with Crippen molar-refractivity contribution < 1.29 is 20.1 Å². The fourth-order valence-electron chi connectivity index (χ4n) is 8.74. The Morgan fingerprint density at radius 1 is 1.07 bits per heavy atom.